The van der Waals surface area contributed by atoms with Gasteiger partial charge >= 0.3 is 5.97 Å². The number of fused-ring (bicyclic) bond motifs is 1. The molecule has 0 atom stereocenters. The van der Waals surface area contributed by atoms with Crippen LogP contribution in [0.4, 0.5) is 10.1 Å². The van der Waals surface area contributed by atoms with E-state index in [1.54, 1.807) is 19.9 Å². The fraction of sp³-hybridized carbons (Fsp3) is 0.536. The third kappa shape index (κ3) is 5.90. The van der Waals surface area contributed by atoms with E-state index in [0.717, 1.165) is 25.1 Å². The molecule has 1 aliphatic rings. The number of hydrogen-bond donors (Lipinski definition) is 0. The molecular formula is C28H40FNO2. The van der Waals surface area contributed by atoms with E-state index < -0.39 is 5.97 Å². The number of rotatable bonds is 8. The van der Waals surface area contributed by atoms with Crippen LogP contribution in [-0.4, -0.2) is 25.7 Å². The van der Waals surface area contributed by atoms with E-state index >= 15 is 4.39 Å². The molecular weight excluding hydrogens is 401 g/mol. The van der Waals surface area contributed by atoms with Crippen molar-refractivity contribution in [3.05, 3.63) is 58.5 Å². The third-order valence-electron chi connectivity index (χ3n) is 6.32. The maximum Gasteiger partial charge on any atom is 0.330 e. The summed E-state index contributed by atoms with van der Waals surface area (Å²) >= 11 is 0. The first kappa shape index (κ1) is 25.9. The van der Waals surface area contributed by atoms with Gasteiger partial charge in [0.15, 0.2) is 0 Å². The predicted octanol–water partition coefficient (Wildman–Crippen LogP) is 7.47. The summed E-state index contributed by atoms with van der Waals surface area (Å²) in [6.45, 7) is 18.9. The Morgan fingerprint density at radius 3 is 2.47 bits per heavy atom. The summed E-state index contributed by atoms with van der Waals surface area (Å²) in [7, 11) is 0. The van der Waals surface area contributed by atoms with Gasteiger partial charge in [0.05, 0.1) is 6.61 Å². The number of nitrogens with zero attached hydrogens (tertiary/aromatic N) is 1. The van der Waals surface area contributed by atoms with E-state index in [1.807, 2.05) is 6.92 Å². The van der Waals surface area contributed by atoms with Crippen LogP contribution in [0.5, 0.6) is 0 Å². The van der Waals surface area contributed by atoms with Crippen molar-refractivity contribution in [3.63, 3.8) is 0 Å². The zero-order valence-electron chi connectivity index (χ0n) is 21.1. The fourth-order valence-electron chi connectivity index (χ4n) is 4.27. The highest BCUT2D eigenvalue weighted by Gasteiger charge is 2.34. The molecule has 0 aromatic heterocycles. The quantitative estimate of drug-likeness (QED) is 0.238. The first-order chi connectivity index (χ1) is 15.0. The van der Waals surface area contributed by atoms with Crippen LogP contribution in [0.15, 0.2) is 41.8 Å². The summed E-state index contributed by atoms with van der Waals surface area (Å²) in [4.78, 5) is 14.0. The van der Waals surface area contributed by atoms with Gasteiger partial charge in [0.25, 0.3) is 0 Å². The number of halogens is 1. The molecule has 0 amide bonds. The minimum Gasteiger partial charge on any atom is -0.463 e. The number of benzene rings is 1. The van der Waals surface area contributed by atoms with Crippen molar-refractivity contribution in [2.75, 3.05) is 24.6 Å². The monoisotopic (exact) mass is 441 g/mol. The number of allylic oxidation sites excluding steroid dienone is 5. The molecule has 32 heavy (non-hydrogen) atoms. The third-order valence-corrected chi connectivity index (χ3v) is 6.32. The van der Waals surface area contributed by atoms with E-state index in [1.165, 1.54) is 29.0 Å². The summed E-state index contributed by atoms with van der Waals surface area (Å²) < 4.78 is 20.5. The first-order valence-electron chi connectivity index (χ1n) is 11.9. The lowest BCUT2D eigenvalue weighted by Gasteiger charge is -2.42. The van der Waals surface area contributed by atoms with Crippen LogP contribution >= 0.6 is 0 Å². The second-order valence-electron chi connectivity index (χ2n) is 9.49. The second-order valence-corrected chi connectivity index (χ2v) is 9.49. The normalized spacial score (nSPS) is 16.9. The average molecular weight is 442 g/mol. The van der Waals surface area contributed by atoms with E-state index in [0.29, 0.717) is 30.1 Å². The van der Waals surface area contributed by atoms with Crippen molar-refractivity contribution < 1.29 is 13.9 Å². The Balaban J connectivity index is 2.65. The molecule has 0 radical (unpaired) electrons. The molecule has 0 saturated heterocycles. The maximum atomic E-state index is 15.6. The Morgan fingerprint density at radius 1 is 1.22 bits per heavy atom. The molecule has 0 spiro atoms. The van der Waals surface area contributed by atoms with Crippen LogP contribution in [0.3, 0.4) is 0 Å². The molecule has 3 nitrogen and oxygen atoms in total. The molecule has 0 N–H and O–H groups in total. The Labute approximate surface area is 194 Å². The SMILES string of the molecule is CCOC(=O)C=C(C)C=CC(F)=C(CC)c1cc(C(C)C)cc2c1N(CC)CCC2(C)C. The van der Waals surface area contributed by atoms with Crippen molar-refractivity contribution in [2.24, 2.45) is 0 Å². The van der Waals surface area contributed by atoms with Gasteiger partial charge in [-0.25, -0.2) is 9.18 Å². The number of esters is 1. The van der Waals surface area contributed by atoms with Crippen LogP contribution in [0, 0.1) is 0 Å². The lowest BCUT2D eigenvalue weighted by molar-refractivity contribution is -0.137. The summed E-state index contributed by atoms with van der Waals surface area (Å²) in [5.74, 6) is -0.306. The summed E-state index contributed by atoms with van der Waals surface area (Å²) in [5.41, 5.74) is 6.14. The first-order valence-corrected chi connectivity index (χ1v) is 11.9. The number of anilines is 1. The molecule has 2 rings (SSSR count). The number of hydrogen-bond acceptors (Lipinski definition) is 3. The van der Waals surface area contributed by atoms with Gasteiger partial charge in [-0.3, -0.25) is 0 Å². The molecule has 1 aromatic carbocycles. The fourth-order valence-corrected chi connectivity index (χ4v) is 4.27. The van der Waals surface area contributed by atoms with Gasteiger partial charge in [-0.1, -0.05) is 46.8 Å². The van der Waals surface area contributed by atoms with Crippen LogP contribution in [0.25, 0.3) is 5.57 Å². The van der Waals surface area contributed by atoms with E-state index in [4.69, 9.17) is 4.74 Å². The Morgan fingerprint density at radius 2 is 1.91 bits per heavy atom. The summed E-state index contributed by atoms with van der Waals surface area (Å²) in [6.07, 6.45) is 6.18. The molecule has 0 unspecified atom stereocenters. The summed E-state index contributed by atoms with van der Waals surface area (Å²) in [5, 5.41) is 0. The number of carbonyl (C=O) groups is 1. The summed E-state index contributed by atoms with van der Waals surface area (Å²) in [6, 6.07) is 4.51. The van der Waals surface area contributed by atoms with E-state index in [9.17, 15) is 4.79 Å². The molecule has 1 aliphatic heterocycles. The Hall–Kier alpha value is -2.36. The maximum absolute atomic E-state index is 15.6. The minimum atomic E-state index is -0.408. The number of carbonyl (C=O) groups excluding carboxylic acids is 1. The largest absolute Gasteiger partial charge is 0.463 e. The van der Waals surface area contributed by atoms with Crippen molar-refractivity contribution >= 4 is 17.2 Å². The topological polar surface area (TPSA) is 29.5 Å². The highest BCUT2D eigenvalue weighted by atomic mass is 19.1. The second kappa shape index (κ2) is 11.0. The number of ether oxygens (including phenoxy) is 1. The predicted molar refractivity (Wildman–Crippen MR) is 134 cm³/mol. The molecule has 4 heteroatoms. The zero-order valence-corrected chi connectivity index (χ0v) is 21.1. The van der Waals surface area contributed by atoms with Gasteiger partial charge in [-0.05, 0) is 79.4 Å². The molecule has 176 valence electrons. The van der Waals surface area contributed by atoms with Crippen molar-refractivity contribution in [3.8, 4) is 0 Å². The Bertz CT molecular complexity index is 922. The lowest BCUT2D eigenvalue weighted by atomic mass is 9.74. The molecule has 0 saturated carbocycles. The van der Waals surface area contributed by atoms with Crippen LogP contribution in [-0.2, 0) is 14.9 Å². The zero-order chi connectivity index (χ0) is 24.1. The molecule has 0 fully saturated rings. The molecule has 0 bridgehead atoms. The van der Waals surface area contributed by atoms with Gasteiger partial charge in [-0.15, -0.1) is 0 Å². The Kier molecular flexibility index (Phi) is 8.89. The van der Waals surface area contributed by atoms with Gasteiger partial charge < -0.3 is 9.64 Å². The van der Waals surface area contributed by atoms with Crippen LogP contribution in [0.2, 0.25) is 0 Å². The van der Waals surface area contributed by atoms with Gasteiger partial charge in [0.2, 0.25) is 0 Å². The average Bonchev–Trinajstić information content (AvgIpc) is 2.73. The highest BCUT2D eigenvalue weighted by molar-refractivity contribution is 5.84. The highest BCUT2D eigenvalue weighted by Crippen LogP contribution is 2.46. The molecule has 1 heterocycles. The van der Waals surface area contributed by atoms with E-state index in [-0.39, 0.29) is 11.2 Å². The lowest BCUT2D eigenvalue weighted by Crippen LogP contribution is -2.38. The van der Waals surface area contributed by atoms with Gasteiger partial charge in [0.1, 0.15) is 5.83 Å². The standard InChI is InChI=1S/C28H40FNO2/c1-9-22(25(29)13-12-20(6)16-26(31)32-11-3)23-17-21(19(4)5)18-24-27(23)30(10-2)15-14-28(24,7)8/h12-13,16-19H,9-11,14-15H2,1-8H3. The van der Waals surface area contributed by atoms with E-state index in [2.05, 4.69) is 51.7 Å². The van der Waals surface area contributed by atoms with Crippen molar-refractivity contribution in [1.29, 1.82) is 0 Å². The van der Waals surface area contributed by atoms with Crippen molar-refractivity contribution in [2.45, 2.75) is 79.6 Å². The smallest absolute Gasteiger partial charge is 0.330 e. The van der Waals surface area contributed by atoms with Crippen LogP contribution in [0.1, 0.15) is 90.8 Å². The molecule has 0 aliphatic carbocycles. The molecule has 1 aromatic rings. The van der Waals surface area contributed by atoms with Crippen molar-refractivity contribution in [1.82, 2.24) is 0 Å². The van der Waals surface area contributed by atoms with Gasteiger partial charge in [0, 0.05) is 30.4 Å². The minimum absolute atomic E-state index is 0.0464. The van der Waals surface area contributed by atoms with Gasteiger partial charge in [-0.2, -0.15) is 0 Å². The van der Waals surface area contributed by atoms with Crippen LogP contribution < -0.4 is 4.90 Å².